The second-order valence-corrected chi connectivity index (χ2v) is 8.99. The van der Waals surface area contributed by atoms with Gasteiger partial charge in [-0.05, 0) is 43.4 Å². The Bertz CT molecular complexity index is 1030. The first-order valence-corrected chi connectivity index (χ1v) is 11.6. The Morgan fingerprint density at radius 2 is 1.94 bits per heavy atom. The number of hydrogen-bond acceptors (Lipinski definition) is 5. The molecule has 4 heterocycles. The molecule has 0 aliphatic carbocycles. The Balaban J connectivity index is 1.32. The molecule has 1 atom stereocenters. The van der Waals surface area contributed by atoms with Crippen LogP contribution < -0.4 is 5.56 Å². The number of hydrogen-bond donors (Lipinski definition) is 1. The molecule has 1 amide bonds. The minimum absolute atomic E-state index is 0.0230. The first-order chi connectivity index (χ1) is 15.6. The quantitative estimate of drug-likeness (QED) is 0.790. The molecule has 1 aromatic heterocycles. The number of likely N-dealkylation sites (tertiary alicyclic amines) is 1. The number of aromatic nitrogens is 2. The summed E-state index contributed by atoms with van der Waals surface area (Å²) < 4.78 is 18.6. The van der Waals surface area contributed by atoms with Gasteiger partial charge in [0.2, 0.25) is 5.91 Å². The highest BCUT2D eigenvalue weighted by atomic mass is 19.1. The molecule has 32 heavy (non-hydrogen) atoms. The van der Waals surface area contributed by atoms with Crippen molar-refractivity contribution in [2.75, 3.05) is 26.3 Å². The molecule has 8 heteroatoms. The molecular weight excluding hydrogens is 411 g/mol. The number of rotatable bonds is 4. The van der Waals surface area contributed by atoms with E-state index in [-0.39, 0.29) is 29.7 Å². The standard InChI is InChI=1S/C24H29FN4O3/c25-17-5-3-16(4-6-17)14-22(30)29-10-1-2-21(29)23-26-20-7-11-28(15-19(20)24(31)27-23)18-8-12-32-13-9-18/h3-6,18,21H,1-2,7-15H2,(H,26,27,31)/t21-/m0/s1. The van der Waals surface area contributed by atoms with E-state index in [9.17, 15) is 14.0 Å². The molecule has 3 aliphatic heterocycles. The van der Waals surface area contributed by atoms with Crippen LogP contribution in [0.2, 0.25) is 0 Å². The van der Waals surface area contributed by atoms with Crippen molar-refractivity contribution in [2.45, 2.75) is 57.2 Å². The van der Waals surface area contributed by atoms with E-state index in [4.69, 9.17) is 9.72 Å². The van der Waals surface area contributed by atoms with Gasteiger partial charge in [0.1, 0.15) is 11.6 Å². The maximum absolute atomic E-state index is 13.2. The number of fused-ring (bicyclic) bond motifs is 1. The smallest absolute Gasteiger partial charge is 0.255 e. The monoisotopic (exact) mass is 440 g/mol. The zero-order valence-corrected chi connectivity index (χ0v) is 18.2. The van der Waals surface area contributed by atoms with E-state index in [1.165, 1.54) is 12.1 Å². The number of benzene rings is 1. The fraction of sp³-hybridized carbons (Fsp3) is 0.542. The lowest BCUT2D eigenvalue weighted by molar-refractivity contribution is -0.131. The van der Waals surface area contributed by atoms with Crippen molar-refractivity contribution in [3.8, 4) is 0 Å². The van der Waals surface area contributed by atoms with Crippen LogP contribution in [0.4, 0.5) is 4.39 Å². The summed E-state index contributed by atoms with van der Waals surface area (Å²) in [4.78, 5) is 38.0. The predicted octanol–water partition coefficient (Wildman–Crippen LogP) is 2.35. The summed E-state index contributed by atoms with van der Waals surface area (Å²) in [5, 5.41) is 0. The van der Waals surface area contributed by atoms with Gasteiger partial charge in [-0.3, -0.25) is 14.5 Å². The van der Waals surface area contributed by atoms with Crippen LogP contribution in [0.1, 0.15) is 54.4 Å². The highest BCUT2D eigenvalue weighted by Crippen LogP contribution is 2.31. The highest BCUT2D eigenvalue weighted by Gasteiger charge is 2.34. The summed E-state index contributed by atoms with van der Waals surface area (Å²) in [6.07, 6.45) is 4.63. The van der Waals surface area contributed by atoms with Crippen LogP contribution >= 0.6 is 0 Å². The van der Waals surface area contributed by atoms with Crippen molar-refractivity contribution < 1.29 is 13.9 Å². The van der Waals surface area contributed by atoms with Crippen LogP contribution in [0.3, 0.4) is 0 Å². The Kier molecular flexibility index (Phi) is 6.06. The van der Waals surface area contributed by atoms with E-state index >= 15 is 0 Å². The summed E-state index contributed by atoms with van der Waals surface area (Å²) in [6, 6.07) is 6.27. The van der Waals surface area contributed by atoms with Gasteiger partial charge in [-0.2, -0.15) is 0 Å². The largest absolute Gasteiger partial charge is 0.381 e. The van der Waals surface area contributed by atoms with Crippen molar-refractivity contribution in [1.29, 1.82) is 0 Å². The van der Waals surface area contributed by atoms with Gasteiger partial charge < -0.3 is 14.6 Å². The average molecular weight is 441 g/mol. The number of aromatic amines is 1. The minimum Gasteiger partial charge on any atom is -0.381 e. The summed E-state index contributed by atoms with van der Waals surface area (Å²) in [7, 11) is 0. The van der Waals surface area contributed by atoms with Gasteiger partial charge in [-0.25, -0.2) is 9.37 Å². The number of nitrogens with one attached hydrogen (secondary N) is 1. The van der Waals surface area contributed by atoms with E-state index in [1.54, 1.807) is 12.1 Å². The summed E-state index contributed by atoms with van der Waals surface area (Å²) >= 11 is 0. The van der Waals surface area contributed by atoms with Crippen LogP contribution in [-0.4, -0.2) is 58.0 Å². The molecule has 7 nitrogen and oxygen atoms in total. The molecule has 170 valence electrons. The fourth-order valence-electron chi connectivity index (χ4n) is 5.21. The maximum Gasteiger partial charge on any atom is 0.255 e. The Morgan fingerprint density at radius 1 is 1.16 bits per heavy atom. The lowest BCUT2D eigenvalue weighted by atomic mass is 10.0. The lowest BCUT2D eigenvalue weighted by Gasteiger charge is -2.37. The van der Waals surface area contributed by atoms with Crippen molar-refractivity contribution in [3.63, 3.8) is 0 Å². The number of carbonyl (C=O) groups is 1. The summed E-state index contributed by atoms with van der Waals surface area (Å²) in [5.74, 6) is 0.259. The number of nitrogens with zero attached hydrogens (tertiary/aromatic N) is 3. The molecule has 0 unspecified atom stereocenters. The van der Waals surface area contributed by atoms with Crippen LogP contribution in [0.15, 0.2) is 29.1 Å². The third-order valence-corrected chi connectivity index (χ3v) is 6.98. The Hall–Kier alpha value is -2.58. The van der Waals surface area contributed by atoms with E-state index in [0.717, 1.165) is 68.7 Å². The van der Waals surface area contributed by atoms with E-state index < -0.39 is 0 Å². The predicted molar refractivity (Wildman–Crippen MR) is 117 cm³/mol. The maximum atomic E-state index is 13.2. The summed E-state index contributed by atoms with van der Waals surface area (Å²) in [6.45, 7) is 3.73. The average Bonchev–Trinajstić information content (AvgIpc) is 3.31. The van der Waals surface area contributed by atoms with Crippen molar-refractivity contribution >= 4 is 5.91 Å². The van der Waals surface area contributed by atoms with Gasteiger partial charge in [-0.15, -0.1) is 0 Å². The first-order valence-electron chi connectivity index (χ1n) is 11.6. The number of carbonyl (C=O) groups excluding carboxylic acids is 1. The molecule has 5 rings (SSSR count). The van der Waals surface area contributed by atoms with Gasteiger partial charge in [0, 0.05) is 45.3 Å². The van der Waals surface area contributed by atoms with E-state index in [2.05, 4.69) is 9.88 Å². The van der Waals surface area contributed by atoms with Gasteiger partial charge >= 0.3 is 0 Å². The summed E-state index contributed by atoms with van der Waals surface area (Å²) in [5.41, 5.74) is 2.32. The lowest BCUT2D eigenvalue weighted by Crippen LogP contribution is -2.44. The fourth-order valence-corrected chi connectivity index (χ4v) is 5.21. The molecular formula is C24H29FN4O3. The van der Waals surface area contributed by atoms with Gasteiger partial charge in [-0.1, -0.05) is 12.1 Å². The third kappa shape index (κ3) is 4.34. The van der Waals surface area contributed by atoms with E-state index in [1.807, 2.05) is 4.90 Å². The first kappa shape index (κ1) is 21.3. The van der Waals surface area contributed by atoms with Gasteiger partial charge in [0.25, 0.3) is 5.56 Å². The topological polar surface area (TPSA) is 78.5 Å². The number of ether oxygens (including phenoxy) is 1. The minimum atomic E-state index is -0.313. The van der Waals surface area contributed by atoms with Crippen molar-refractivity contribution in [3.05, 3.63) is 63.1 Å². The molecule has 2 saturated heterocycles. The Morgan fingerprint density at radius 3 is 2.72 bits per heavy atom. The normalized spacial score (nSPS) is 22.2. The van der Waals surface area contributed by atoms with Crippen molar-refractivity contribution in [1.82, 2.24) is 19.8 Å². The molecule has 0 spiro atoms. The molecule has 1 aromatic carbocycles. The van der Waals surface area contributed by atoms with Gasteiger partial charge in [0.05, 0.1) is 23.7 Å². The molecule has 2 fully saturated rings. The number of halogens is 1. The zero-order valence-electron chi connectivity index (χ0n) is 18.2. The Labute approximate surface area is 186 Å². The number of amides is 1. The zero-order chi connectivity index (χ0) is 22.1. The van der Waals surface area contributed by atoms with Gasteiger partial charge in [0.15, 0.2) is 0 Å². The highest BCUT2D eigenvalue weighted by molar-refractivity contribution is 5.79. The van der Waals surface area contributed by atoms with Crippen molar-refractivity contribution in [2.24, 2.45) is 0 Å². The molecule has 0 saturated carbocycles. The molecule has 0 bridgehead atoms. The van der Waals surface area contributed by atoms with E-state index in [0.29, 0.717) is 25.0 Å². The molecule has 0 radical (unpaired) electrons. The molecule has 1 N–H and O–H groups in total. The third-order valence-electron chi connectivity index (χ3n) is 6.98. The molecule has 3 aliphatic rings. The van der Waals surface area contributed by atoms with Crippen LogP contribution in [0.5, 0.6) is 0 Å². The molecule has 2 aromatic rings. The second kappa shape index (κ2) is 9.11. The van der Waals surface area contributed by atoms with Crippen LogP contribution in [0.25, 0.3) is 0 Å². The SMILES string of the molecule is O=C(Cc1ccc(F)cc1)N1CCC[C@H]1c1nc2c(c(=O)[nH]1)CN(C1CCOCC1)CC2. The van der Waals surface area contributed by atoms with Crippen LogP contribution in [0, 0.1) is 5.82 Å². The second-order valence-electron chi connectivity index (χ2n) is 8.99. The number of H-pyrrole nitrogens is 1. The van der Waals surface area contributed by atoms with Crippen LogP contribution in [-0.2, 0) is 28.9 Å².